The van der Waals surface area contributed by atoms with Crippen LogP contribution < -0.4 is 28.7 Å². The molecule has 0 unspecified atom stereocenters. The van der Waals surface area contributed by atoms with Crippen molar-refractivity contribution in [3.8, 4) is 0 Å². The summed E-state index contributed by atoms with van der Waals surface area (Å²) in [6.45, 7) is 1.000. The SMILES string of the molecule is Cl.Cl.N=C(N)N(CCCCCCCCCCCCN=C(N)N)C(=O)c1nc(Cl)c(N)nc1N. The molecule has 1 heterocycles. The number of unbranched alkanes of at least 4 members (excludes halogenated alkanes) is 9. The Labute approximate surface area is 212 Å². The van der Waals surface area contributed by atoms with Crippen LogP contribution in [0.3, 0.4) is 0 Å². The fourth-order valence-electron chi connectivity index (χ4n) is 3.06. The van der Waals surface area contributed by atoms with E-state index in [9.17, 15) is 4.79 Å². The molecule has 0 bridgehead atoms. The summed E-state index contributed by atoms with van der Waals surface area (Å²) in [5.41, 5.74) is 27.2. The molecule has 0 aliphatic rings. The predicted molar refractivity (Wildman–Crippen MR) is 140 cm³/mol. The van der Waals surface area contributed by atoms with Gasteiger partial charge in [0, 0.05) is 13.1 Å². The largest absolute Gasteiger partial charge is 0.382 e. The molecule has 0 aliphatic carbocycles. The highest BCUT2D eigenvalue weighted by molar-refractivity contribution is 6.31. The van der Waals surface area contributed by atoms with E-state index in [1.54, 1.807) is 0 Å². The van der Waals surface area contributed by atoms with Crippen molar-refractivity contribution in [2.45, 2.75) is 64.2 Å². The van der Waals surface area contributed by atoms with Gasteiger partial charge in [0.05, 0.1) is 0 Å². The minimum absolute atomic E-state index is 0. The number of halogens is 3. The molecule has 0 spiro atoms. The number of nitrogens with zero attached hydrogens (tertiary/aromatic N) is 4. The fourth-order valence-corrected chi connectivity index (χ4v) is 3.19. The van der Waals surface area contributed by atoms with Crippen LogP contribution >= 0.6 is 36.4 Å². The summed E-state index contributed by atoms with van der Waals surface area (Å²) in [7, 11) is 0. The van der Waals surface area contributed by atoms with Gasteiger partial charge in [-0.2, -0.15) is 0 Å². The van der Waals surface area contributed by atoms with Crippen LogP contribution in [0.2, 0.25) is 5.15 Å². The van der Waals surface area contributed by atoms with E-state index in [1.807, 2.05) is 0 Å². The molecule has 0 aromatic carbocycles. The molecule has 1 rings (SSSR count). The standard InChI is InChI=1S/C19H35ClN10O.2ClH/c20-14-16(22)29-15(21)13(28-14)17(31)30(19(25)26)12-10-8-6-4-2-1-3-5-7-9-11-27-18(23)24;;/h1-12H2,(H3,25,26)(H4,21,22,29)(H4,23,24,27);2*1H. The molecule has 190 valence electrons. The molecule has 0 aliphatic heterocycles. The van der Waals surface area contributed by atoms with Crippen molar-refractivity contribution >= 4 is 65.9 Å². The topological polar surface area (TPSA) is 212 Å². The first-order valence-corrected chi connectivity index (χ1v) is 10.9. The molecular weight excluding hydrogens is 491 g/mol. The number of aromatic nitrogens is 2. The van der Waals surface area contributed by atoms with Gasteiger partial charge in [-0.05, 0) is 12.8 Å². The number of carbonyl (C=O) groups excluding carboxylic acids is 1. The zero-order valence-electron chi connectivity index (χ0n) is 18.8. The van der Waals surface area contributed by atoms with Crippen molar-refractivity contribution in [3.05, 3.63) is 10.8 Å². The van der Waals surface area contributed by atoms with E-state index in [2.05, 4.69) is 15.0 Å². The Hall–Kier alpha value is -2.24. The molecule has 11 N–H and O–H groups in total. The first-order valence-electron chi connectivity index (χ1n) is 10.5. The van der Waals surface area contributed by atoms with E-state index in [1.165, 1.54) is 25.7 Å². The number of rotatable bonds is 14. The third-order valence-corrected chi connectivity index (χ3v) is 5.01. The average Bonchev–Trinajstić information content (AvgIpc) is 2.70. The number of anilines is 2. The van der Waals surface area contributed by atoms with Gasteiger partial charge in [0.25, 0.3) is 5.91 Å². The molecule has 1 aromatic heterocycles. The Morgan fingerprint density at radius 3 is 1.82 bits per heavy atom. The van der Waals surface area contributed by atoms with E-state index >= 15 is 0 Å². The van der Waals surface area contributed by atoms with Crippen LogP contribution in [0.4, 0.5) is 11.6 Å². The molecule has 1 amide bonds. The lowest BCUT2D eigenvalue weighted by Gasteiger charge is -2.20. The van der Waals surface area contributed by atoms with Gasteiger partial charge in [-0.3, -0.25) is 20.1 Å². The number of hydrogen-bond donors (Lipinski definition) is 6. The van der Waals surface area contributed by atoms with E-state index in [0.717, 1.165) is 37.0 Å². The second-order valence-electron chi connectivity index (χ2n) is 7.32. The van der Waals surface area contributed by atoms with Crippen molar-refractivity contribution < 1.29 is 4.79 Å². The first kappa shape index (κ1) is 32.9. The third-order valence-electron chi connectivity index (χ3n) is 4.73. The lowest BCUT2D eigenvalue weighted by molar-refractivity contribution is 0.0838. The van der Waals surface area contributed by atoms with Crippen molar-refractivity contribution in [1.82, 2.24) is 14.9 Å². The van der Waals surface area contributed by atoms with Crippen molar-refractivity contribution in [2.75, 3.05) is 24.6 Å². The highest BCUT2D eigenvalue weighted by atomic mass is 35.5. The predicted octanol–water partition coefficient (Wildman–Crippen LogP) is 2.65. The smallest absolute Gasteiger partial charge is 0.283 e. The summed E-state index contributed by atoms with van der Waals surface area (Å²) >= 11 is 5.83. The van der Waals surface area contributed by atoms with Crippen LogP contribution in [0.5, 0.6) is 0 Å². The van der Waals surface area contributed by atoms with Gasteiger partial charge in [-0.15, -0.1) is 24.8 Å². The van der Waals surface area contributed by atoms with Gasteiger partial charge in [0.1, 0.15) is 0 Å². The minimum Gasteiger partial charge on any atom is -0.382 e. The number of aliphatic imine (C=N–C) groups is 1. The van der Waals surface area contributed by atoms with Crippen LogP contribution in [-0.4, -0.2) is 45.8 Å². The van der Waals surface area contributed by atoms with Crippen LogP contribution in [0, 0.1) is 5.41 Å². The number of hydrogen-bond acceptors (Lipinski definition) is 7. The molecule has 0 fully saturated rings. The average molecular weight is 528 g/mol. The summed E-state index contributed by atoms with van der Waals surface area (Å²) in [5, 5.41) is 7.57. The second kappa shape index (κ2) is 18.2. The van der Waals surface area contributed by atoms with Crippen LogP contribution in [-0.2, 0) is 0 Å². The maximum atomic E-state index is 12.6. The highest BCUT2D eigenvalue weighted by Gasteiger charge is 2.23. The van der Waals surface area contributed by atoms with Crippen LogP contribution in [0.25, 0.3) is 0 Å². The monoisotopic (exact) mass is 526 g/mol. The summed E-state index contributed by atoms with van der Waals surface area (Å²) in [4.78, 5) is 25.4. The highest BCUT2D eigenvalue weighted by Crippen LogP contribution is 2.19. The Morgan fingerprint density at radius 2 is 1.33 bits per heavy atom. The van der Waals surface area contributed by atoms with Crippen LogP contribution in [0.15, 0.2) is 4.99 Å². The summed E-state index contributed by atoms with van der Waals surface area (Å²) in [6.07, 6.45) is 10.8. The summed E-state index contributed by atoms with van der Waals surface area (Å²) in [6, 6.07) is 0. The van der Waals surface area contributed by atoms with E-state index < -0.39 is 5.91 Å². The lowest BCUT2D eigenvalue weighted by atomic mass is 10.1. The molecule has 0 atom stereocenters. The fraction of sp³-hybridized carbons (Fsp3) is 0.632. The number of nitrogens with two attached hydrogens (primary N) is 5. The first-order chi connectivity index (χ1) is 14.7. The zero-order valence-corrected chi connectivity index (χ0v) is 21.2. The van der Waals surface area contributed by atoms with Gasteiger partial charge >= 0.3 is 0 Å². The molecule has 1 aromatic rings. The molecule has 33 heavy (non-hydrogen) atoms. The van der Waals surface area contributed by atoms with Crippen LogP contribution in [0.1, 0.15) is 74.7 Å². The van der Waals surface area contributed by atoms with Gasteiger partial charge in [-0.25, -0.2) is 9.97 Å². The Kier molecular flexibility index (Phi) is 18.2. The van der Waals surface area contributed by atoms with Crippen molar-refractivity contribution in [1.29, 1.82) is 5.41 Å². The Balaban J connectivity index is 0. The van der Waals surface area contributed by atoms with E-state index in [-0.39, 0.29) is 59.2 Å². The normalized spacial score (nSPS) is 9.97. The number of carbonyl (C=O) groups is 1. The molecule has 14 heteroatoms. The number of nitrogen functional groups attached to an aromatic ring is 2. The molecule has 11 nitrogen and oxygen atoms in total. The van der Waals surface area contributed by atoms with Gasteiger partial charge < -0.3 is 28.7 Å². The Bertz CT molecular complexity index is 760. The zero-order chi connectivity index (χ0) is 23.2. The second-order valence-corrected chi connectivity index (χ2v) is 7.68. The summed E-state index contributed by atoms with van der Waals surface area (Å²) < 4.78 is 0. The molecular formula is C19H37Cl3N10O. The van der Waals surface area contributed by atoms with Gasteiger partial charge in [-0.1, -0.05) is 63.0 Å². The number of amides is 1. The van der Waals surface area contributed by atoms with Crippen molar-refractivity contribution in [3.63, 3.8) is 0 Å². The maximum Gasteiger partial charge on any atom is 0.283 e. The van der Waals surface area contributed by atoms with Crippen molar-refractivity contribution in [2.24, 2.45) is 22.2 Å². The quantitative estimate of drug-likeness (QED) is 0.120. The number of guanidine groups is 2. The lowest BCUT2D eigenvalue weighted by Crippen LogP contribution is -2.42. The van der Waals surface area contributed by atoms with E-state index in [4.69, 9.17) is 45.7 Å². The van der Waals surface area contributed by atoms with Gasteiger partial charge in [0.2, 0.25) is 0 Å². The third kappa shape index (κ3) is 13.2. The Morgan fingerprint density at radius 1 is 0.848 bits per heavy atom. The number of nitrogens with one attached hydrogen (secondary N) is 1. The van der Waals surface area contributed by atoms with Gasteiger partial charge in [0.15, 0.2) is 34.4 Å². The summed E-state index contributed by atoms with van der Waals surface area (Å²) in [5.74, 6) is -1.04. The minimum atomic E-state index is -0.612. The van der Waals surface area contributed by atoms with E-state index in [0.29, 0.717) is 19.5 Å². The molecule has 0 saturated heterocycles. The maximum absolute atomic E-state index is 12.6. The molecule has 0 radical (unpaired) electrons. The molecule has 0 saturated carbocycles.